The van der Waals surface area contributed by atoms with Crippen LogP contribution in [0.4, 0.5) is 10.7 Å². The van der Waals surface area contributed by atoms with Gasteiger partial charge < -0.3 is 19.5 Å². The maximum Gasteiger partial charge on any atom is 0.407 e. The van der Waals surface area contributed by atoms with E-state index in [1.807, 2.05) is 17.8 Å². The highest BCUT2D eigenvalue weighted by atomic mass is 16.6. The average Bonchev–Trinajstić information content (AvgIpc) is 2.98. The van der Waals surface area contributed by atoms with Crippen LogP contribution in [0.2, 0.25) is 0 Å². The van der Waals surface area contributed by atoms with Crippen LogP contribution in [0.25, 0.3) is 11.2 Å². The number of ether oxygens (including phenoxy) is 1. The minimum atomic E-state index is -0.360. The second-order valence-electron chi connectivity index (χ2n) is 6.00. The van der Waals surface area contributed by atoms with Gasteiger partial charge >= 0.3 is 6.09 Å². The summed E-state index contributed by atoms with van der Waals surface area (Å²) in [6.45, 7) is 2.23. The minimum Gasteiger partial charge on any atom is -0.441 e. The summed E-state index contributed by atoms with van der Waals surface area (Å²) in [4.78, 5) is 26.8. The lowest BCUT2D eigenvalue weighted by molar-refractivity contribution is 0.0473. The molecule has 8 nitrogen and oxygen atoms in total. The zero-order valence-corrected chi connectivity index (χ0v) is 12.4. The van der Waals surface area contributed by atoms with Crippen LogP contribution in [0.15, 0.2) is 12.5 Å². The number of nitrogens with zero attached hydrogens (tertiary/aromatic N) is 5. The Balaban J connectivity index is 1.56. The van der Waals surface area contributed by atoms with E-state index in [1.165, 1.54) is 0 Å². The number of aryl methyl sites for hydroxylation is 1. The van der Waals surface area contributed by atoms with Crippen molar-refractivity contribution in [2.45, 2.75) is 24.9 Å². The molecule has 0 bridgehead atoms. The van der Waals surface area contributed by atoms with Crippen LogP contribution >= 0.6 is 0 Å². The van der Waals surface area contributed by atoms with Gasteiger partial charge in [0, 0.05) is 26.6 Å². The molecule has 2 aliphatic rings. The van der Waals surface area contributed by atoms with Gasteiger partial charge in [-0.2, -0.15) is 4.98 Å². The Kier molecular flexibility index (Phi) is 2.91. The summed E-state index contributed by atoms with van der Waals surface area (Å²) in [6, 6.07) is 0. The number of carbonyl (C=O) groups is 1. The van der Waals surface area contributed by atoms with Crippen molar-refractivity contribution in [2.75, 3.05) is 24.5 Å². The topological polar surface area (TPSA) is 85.2 Å². The molecule has 0 radical (unpaired) electrons. The van der Waals surface area contributed by atoms with E-state index in [9.17, 15) is 4.79 Å². The molecular formula is C14H18N6O2. The summed E-state index contributed by atoms with van der Waals surface area (Å²) in [5.41, 5.74) is 1.27. The molecule has 2 aromatic heterocycles. The first-order valence-corrected chi connectivity index (χ1v) is 7.51. The molecule has 4 rings (SSSR count). The van der Waals surface area contributed by atoms with Crippen molar-refractivity contribution in [3.8, 4) is 0 Å². The Bertz CT molecular complexity index is 729. The maximum absolute atomic E-state index is 11.3. The number of anilines is 1. The number of rotatable bonds is 1. The fourth-order valence-corrected chi connectivity index (χ4v) is 3.21. The summed E-state index contributed by atoms with van der Waals surface area (Å²) in [5.74, 6) is 0.695. The molecule has 2 saturated heterocycles. The summed E-state index contributed by atoms with van der Waals surface area (Å²) in [7, 11) is 1.93. The van der Waals surface area contributed by atoms with E-state index < -0.39 is 0 Å². The molecule has 1 amide bonds. The van der Waals surface area contributed by atoms with E-state index >= 15 is 0 Å². The van der Waals surface area contributed by atoms with Crippen molar-refractivity contribution in [1.82, 2.24) is 24.8 Å². The Morgan fingerprint density at radius 1 is 1.32 bits per heavy atom. The molecular weight excluding hydrogens is 284 g/mol. The molecule has 4 heterocycles. The molecule has 1 atom stereocenters. The third kappa shape index (κ3) is 2.15. The smallest absolute Gasteiger partial charge is 0.407 e. The van der Waals surface area contributed by atoms with Gasteiger partial charge in [-0.1, -0.05) is 0 Å². The van der Waals surface area contributed by atoms with Crippen molar-refractivity contribution in [2.24, 2.45) is 7.05 Å². The molecule has 0 aromatic carbocycles. The van der Waals surface area contributed by atoms with Crippen LogP contribution in [0.1, 0.15) is 19.3 Å². The highest BCUT2D eigenvalue weighted by molar-refractivity contribution is 5.71. The second-order valence-corrected chi connectivity index (χ2v) is 6.00. The van der Waals surface area contributed by atoms with Crippen LogP contribution in [-0.4, -0.2) is 50.8 Å². The molecule has 1 spiro atoms. The maximum atomic E-state index is 11.3. The first-order valence-electron chi connectivity index (χ1n) is 7.51. The normalized spacial score (nSPS) is 25.3. The zero-order valence-electron chi connectivity index (χ0n) is 12.4. The summed E-state index contributed by atoms with van der Waals surface area (Å²) in [5, 5.41) is 2.77. The van der Waals surface area contributed by atoms with E-state index in [-0.39, 0.29) is 11.7 Å². The van der Waals surface area contributed by atoms with E-state index in [1.54, 1.807) is 6.33 Å². The number of fused-ring (bicyclic) bond motifs is 1. The lowest BCUT2D eigenvalue weighted by Gasteiger charge is -2.24. The van der Waals surface area contributed by atoms with Crippen LogP contribution in [0, 0.1) is 0 Å². The largest absolute Gasteiger partial charge is 0.441 e. The highest BCUT2D eigenvalue weighted by Crippen LogP contribution is 2.30. The van der Waals surface area contributed by atoms with Gasteiger partial charge in [0.05, 0.1) is 19.1 Å². The first-order chi connectivity index (χ1) is 10.7. The molecule has 1 N–H and O–H groups in total. The van der Waals surface area contributed by atoms with Crippen LogP contribution in [0.5, 0.6) is 0 Å². The van der Waals surface area contributed by atoms with E-state index in [0.29, 0.717) is 18.1 Å². The summed E-state index contributed by atoms with van der Waals surface area (Å²) >= 11 is 0. The van der Waals surface area contributed by atoms with E-state index in [0.717, 1.165) is 37.9 Å². The predicted octanol–water partition coefficient (Wildman–Crippen LogP) is 0.832. The fraction of sp³-hybridized carbons (Fsp3) is 0.571. The van der Waals surface area contributed by atoms with Crippen molar-refractivity contribution >= 4 is 23.2 Å². The Morgan fingerprint density at radius 3 is 3.05 bits per heavy atom. The van der Waals surface area contributed by atoms with Gasteiger partial charge in [0.25, 0.3) is 0 Å². The van der Waals surface area contributed by atoms with Gasteiger partial charge in [-0.05, 0) is 12.8 Å². The fourth-order valence-electron chi connectivity index (χ4n) is 3.21. The number of hydrogen-bond donors (Lipinski definition) is 1. The second kappa shape index (κ2) is 4.82. The SMILES string of the molecule is Cn1cnc2nc(N3CCCC4(CC3)CNC(=O)O4)ncc21. The first kappa shape index (κ1) is 13.3. The van der Waals surface area contributed by atoms with Crippen LogP contribution in [0.3, 0.4) is 0 Å². The third-order valence-electron chi connectivity index (χ3n) is 4.52. The molecule has 8 heteroatoms. The van der Waals surface area contributed by atoms with Crippen molar-refractivity contribution in [3.05, 3.63) is 12.5 Å². The molecule has 2 aliphatic heterocycles. The highest BCUT2D eigenvalue weighted by Gasteiger charge is 2.41. The zero-order chi connectivity index (χ0) is 15.2. The summed E-state index contributed by atoms with van der Waals surface area (Å²) in [6.07, 6.45) is 5.84. The van der Waals surface area contributed by atoms with Crippen LogP contribution in [-0.2, 0) is 11.8 Å². The third-order valence-corrected chi connectivity index (χ3v) is 4.52. The van der Waals surface area contributed by atoms with Crippen molar-refractivity contribution in [1.29, 1.82) is 0 Å². The molecule has 2 aromatic rings. The number of amides is 1. The molecule has 22 heavy (non-hydrogen) atoms. The number of carbonyl (C=O) groups excluding carboxylic acids is 1. The quantitative estimate of drug-likeness (QED) is 0.840. The standard InChI is InChI=1S/C14H18N6O2/c1-19-9-17-11-10(19)7-15-12(18-11)20-5-2-3-14(4-6-20)8-16-13(21)22-14/h7,9H,2-6,8H2,1H3,(H,16,21). The average molecular weight is 302 g/mol. The number of imidazole rings is 1. The van der Waals surface area contributed by atoms with E-state index in [2.05, 4.69) is 25.2 Å². The summed E-state index contributed by atoms with van der Waals surface area (Å²) < 4.78 is 7.40. The Labute approximate surface area is 127 Å². The van der Waals surface area contributed by atoms with Crippen molar-refractivity contribution < 1.29 is 9.53 Å². The monoisotopic (exact) mass is 302 g/mol. The predicted molar refractivity (Wildman–Crippen MR) is 79.6 cm³/mol. The van der Waals surface area contributed by atoms with Gasteiger partial charge in [0.15, 0.2) is 5.65 Å². The Morgan fingerprint density at radius 2 is 2.23 bits per heavy atom. The molecule has 1 unspecified atom stereocenters. The molecule has 0 saturated carbocycles. The van der Waals surface area contributed by atoms with Gasteiger partial charge in [0.1, 0.15) is 11.1 Å². The number of aromatic nitrogens is 4. The minimum absolute atomic E-state index is 0.306. The van der Waals surface area contributed by atoms with E-state index in [4.69, 9.17) is 4.74 Å². The number of hydrogen-bond acceptors (Lipinski definition) is 6. The number of nitrogens with one attached hydrogen (secondary N) is 1. The molecule has 0 aliphatic carbocycles. The van der Waals surface area contributed by atoms with Gasteiger partial charge in [0.2, 0.25) is 5.95 Å². The van der Waals surface area contributed by atoms with Crippen LogP contribution < -0.4 is 10.2 Å². The lowest BCUT2D eigenvalue weighted by Crippen LogP contribution is -2.35. The van der Waals surface area contributed by atoms with Gasteiger partial charge in [-0.25, -0.2) is 14.8 Å². The molecule has 116 valence electrons. The number of alkyl carbamates (subject to hydrolysis) is 1. The van der Waals surface area contributed by atoms with Gasteiger partial charge in [-0.15, -0.1) is 0 Å². The molecule has 2 fully saturated rings. The van der Waals surface area contributed by atoms with Crippen molar-refractivity contribution in [3.63, 3.8) is 0 Å². The Hall–Kier alpha value is -2.38. The lowest BCUT2D eigenvalue weighted by atomic mass is 9.95. The van der Waals surface area contributed by atoms with Gasteiger partial charge in [-0.3, -0.25) is 0 Å².